The molecule has 2 rings (SSSR count). The fourth-order valence-corrected chi connectivity index (χ4v) is 1.97. The number of rotatable bonds is 2. The Hall–Kier alpha value is -1.70. The third-order valence-corrected chi connectivity index (χ3v) is 2.98. The van der Waals surface area contributed by atoms with Crippen molar-refractivity contribution in [2.75, 3.05) is 0 Å². The van der Waals surface area contributed by atoms with Gasteiger partial charge in [0.15, 0.2) is 5.69 Å². The Bertz CT molecular complexity index is 627. The highest BCUT2D eigenvalue weighted by Gasteiger charge is 2.38. The van der Waals surface area contributed by atoms with Crippen molar-refractivity contribution in [3.63, 3.8) is 0 Å². The number of hydrogen-bond donors (Lipinski definition) is 0. The maximum atomic E-state index is 13.0. The highest BCUT2D eigenvalue weighted by molar-refractivity contribution is 6.17. The zero-order valence-corrected chi connectivity index (χ0v) is 10.9. The number of aromatic nitrogens is 2. The van der Waals surface area contributed by atoms with Gasteiger partial charge in [0.25, 0.3) is 0 Å². The van der Waals surface area contributed by atoms with Gasteiger partial charge in [0.05, 0.1) is 23.3 Å². The average Bonchev–Trinajstić information content (AvgIpc) is 2.81. The van der Waals surface area contributed by atoms with E-state index in [1.807, 2.05) is 0 Å². The van der Waals surface area contributed by atoms with Crippen LogP contribution in [-0.4, -0.2) is 9.78 Å². The number of alkyl halides is 7. The van der Waals surface area contributed by atoms with Crippen LogP contribution in [0, 0.1) is 0 Å². The fraction of sp³-hybridized carbons (Fsp3) is 0.250. The molecule has 21 heavy (non-hydrogen) atoms. The van der Waals surface area contributed by atoms with E-state index in [0.717, 1.165) is 18.3 Å². The highest BCUT2D eigenvalue weighted by atomic mass is 35.5. The van der Waals surface area contributed by atoms with E-state index in [0.29, 0.717) is 16.8 Å². The number of hydrogen-bond acceptors (Lipinski definition) is 1. The molecule has 1 aromatic carbocycles. The van der Waals surface area contributed by atoms with Crippen molar-refractivity contribution in [1.29, 1.82) is 0 Å². The van der Waals surface area contributed by atoms with Gasteiger partial charge in [-0.1, -0.05) is 0 Å². The number of benzene rings is 1. The number of nitrogens with zero attached hydrogens (tertiary/aromatic N) is 2. The van der Waals surface area contributed by atoms with Gasteiger partial charge in [-0.15, -0.1) is 11.6 Å². The summed E-state index contributed by atoms with van der Waals surface area (Å²) in [7, 11) is 0. The quantitative estimate of drug-likeness (QED) is 0.579. The van der Waals surface area contributed by atoms with Gasteiger partial charge in [0.1, 0.15) is 0 Å². The second kappa shape index (κ2) is 5.25. The van der Waals surface area contributed by atoms with Crippen molar-refractivity contribution >= 4 is 11.6 Å². The van der Waals surface area contributed by atoms with Gasteiger partial charge in [0, 0.05) is 5.56 Å². The Labute approximate surface area is 119 Å². The van der Waals surface area contributed by atoms with Crippen LogP contribution in [0.25, 0.3) is 5.69 Å². The lowest BCUT2D eigenvalue weighted by Gasteiger charge is -2.13. The van der Waals surface area contributed by atoms with E-state index in [9.17, 15) is 26.3 Å². The first kappa shape index (κ1) is 15.7. The van der Waals surface area contributed by atoms with Crippen molar-refractivity contribution in [3.8, 4) is 5.69 Å². The first-order valence-electron chi connectivity index (χ1n) is 5.52. The van der Waals surface area contributed by atoms with Crippen LogP contribution in [0.1, 0.15) is 16.8 Å². The van der Waals surface area contributed by atoms with Crippen LogP contribution >= 0.6 is 11.6 Å². The molecule has 0 aliphatic carbocycles. The summed E-state index contributed by atoms with van der Waals surface area (Å²) in [6, 6.07) is 3.22. The maximum absolute atomic E-state index is 13.0. The van der Waals surface area contributed by atoms with Crippen LogP contribution in [0.5, 0.6) is 0 Å². The summed E-state index contributed by atoms with van der Waals surface area (Å²) < 4.78 is 76.8. The molecule has 9 heteroatoms. The van der Waals surface area contributed by atoms with Gasteiger partial charge >= 0.3 is 12.4 Å². The Morgan fingerprint density at radius 2 is 1.52 bits per heavy atom. The molecular formula is C12H7ClF6N2. The van der Waals surface area contributed by atoms with E-state index in [2.05, 4.69) is 5.10 Å². The molecule has 0 aliphatic rings. The van der Waals surface area contributed by atoms with Gasteiger partial charge in [-0.25, -0.2) is 4.68 Å². The standard InChI is InChI=1S/C12H7ClF6N2/c13-5-7-6-20-21(10(7)12(17,18)19)9-3-1-8(2-4-9)11(14,15)16/h1-4,6H,5H2. The summed E-state index contributed by atoms with van der Waals surface area (Å²) >= 11 is 5.42. The Morgan fingerprint density at radius 1 is 0.952 bits per heavy atom. The van der Waals surface area contributed by atoms with Crippen molar-refractivity contribution in [1.82, 2.24) is 9.78 Å². The van der Waals surface area contributed by atoms with Crippen LogP contribution in [-0.2, 0) is 18.2 Å². The summed E-state index contributed by atoms with van der Waals surface area (Å²) in [5.74, 6) is -0.407. The molecule has 0 radical (unpaired) electrons. The topological polar surface area (TPSA) is 17.8 Å². The summed E-state index contributed by atoms with van der Waals surface area (Å²) in [4.78, 5) is 0. The van der Waals surface area contributed by atoms with Crippen LogP contribution in [0.15, 0.2) is 30.5 Å². The zero-order chi connectivity index (χ0) is 15.8. The molecule has 0 amide bonds. The smallest absolute Gasteiger partial charge is 0.228 e. The summed E-state index contributed by atoms with van der Waals surface area (Å²) in [6.45, 7) is 0. The molecule has 0 saturated carbocycles. The van der Waals surface area contributed by atoms with E-state index in [1.54, 1.807) is 0 Å². The first-order chi connectivity index (χ1) is 9.64. The first-order valence-corrected chi connectivity index (χ1v) is 6.05. The molecule has 0 unspecified atom stereocenters. The molecular weight excluding hydrogens is 322 g/mol. The van der Waals surface area contributed by atoms with E-state index in [1.165, 1.54) is 0 Å². The molecule has 0 fully saturated rings. The molecule has 0 N–H and O–H groups in total. The lowest BCUT2D eigenvalue weighted by atomic mass is 10.2. The van der Waals surface area contributed by atoms with Gasteiger partial charge in [-0.2, -0.15) is 31.4 Å². The van der Waals surface area contributed by atoms with E-state index in [4.69, 9.17) is 11.6 Å². The Balaban J connectivity index is 2.50. The minimum Gasteiger partial charge on any atom is -0.228 e. The Kier molecular flexibility index (Phi) is 3.92. The van der Waals surface area contributed by atoms with Crippen LogP contribution in [0.2, 0.25) is 0 Å². The third kappa shape index (κ3) is 3.15. The lowest BCUT2D eigenvalue weighted by Crippen LogP contribution is -2.15. The minimum atomic E-state index is -4.72. The minimum absolute atomic E-state index is 0.133. The molecule has 0 spiro atoms. The van der Waals surface area contributed by atoms with Crippen LogP contribution < -0.4 is 0 Å². The fourth-order valence-electron chi connectivity index (χ4n) is 1.77. The summed E-state index contributed by atoms with van der Waals surface area (Å²) in [5, 5.41) is 3.55. The van der Waals surface area contributed by atoms with Crippen LogP contribution in [0.3, 0.4) is 0 Å². The molecule has 2 nitrogen and oxygen atoms in total. The van der Waals surface area contributed by atoms with Crippen molar-refractivity contribution < 1.29 is 26.3 Å². The van der Waals surface area contributed by atoms with Crippen molar-refractivity contribution in [2.45, 2.75) is 18.2 Å². The van der Waals surface area contributed by atoms with Gasteiger partial charge in [-0.3, -0.25) is 0 Å². The zero-order valence-electron chi connectivity index (χ0n) is 10.1. The highest BCUT2D eigenvalue weighted by Crippen LogP contribution is 2.35. The van der Waals surface area contributed by atoms with E-state index >= 15 is 0 Å². The van der Waals surface area contributed by atoms with Crippen LogP contribution in [0.4, 0.5) is 26.3 Å². The van der Waals surface area contributed by atoms with Crippen molar-refractivity contribution in [2.24, 2.45) is 0 Å². The van der Waals surface area contributed by atoms with E-state index in [-0.39, 0.29) is 11.3 Å². The molecule has 0 aliphatic heterocycles. The SMILES string of the molecule is FC(F)(F)c1ccc(-n2ncc(CCl)c2C(F)(F)F)cc1. The molecule has 0 bridgehead atoms. The normalized spacial score (nSPS) is 12.7. The average molecular weight is 329 g/mol. The van der Waals surface area contributed by atoms with Crippen molar-refractivity contribution in [3.05, 3.63) is 47.3 Å². The Morgan fingerprint density at radius 3 is 1.95 bits per heavy atom. The molecule has 114 valence electrons. The van der Waals surface area contributed by atoms with Gasteiger partial charge < -0.3 is 0 Å². The molecule has 0 saturated heterocycles. The maximum Gasteiger partial charge on any atom is 0.433 e. The second-order valence-electron chi connectivity index (χ2n) is 4.11. The molecule has 2 aromatic rings. The number of halogens is 7. The largest absolute Gasteiger partial charge is 0.433 e. The van der Waals surface area contributed by atoms with Gasteiger partial charge in [-0.05, 0) is 24.3 Å². The lowest BCUT2D eigenvalue weighted by molar-refractivity contribution is -0.143. The summed E-state index contributed by atoms with van der Waals surface area (Å²) in [6.07, 6.45) is -8.34. The van der Waals surface area contributed by atoms with Gasteiger partial charge in [0.2, 0.25) is 0 Å². The third-order valence-electron chi connectivity index (χ3n) is 2.70. The predicted molar refractivity (Wildman–Crippen MR) is 63.1 cm³/mol. The molecule has 0 atom stereocenters. The predicted octanol–water partition coefficient (Wildman–Crippen LogP) is 4.65. The molecule has 1 aromatic heterocycles. The monoisotopic (exact) mass is 328 g/mol. The summed E-state index contributed by atoms with van der Waals surface area (Å²) in [5.41, 5.74) is -2.43. The second-order valence-corrected chi connectivity index (χ2v) is 4.37. The van der Waals surface area contributed by atoms with E-state index < -0.39 is 29.5 Å². The molecule has 1 heterocycles.